The lowest BCUT2D eigenvalue weighted by Gasteiger charge is -2.47. The molecule has 4 nitrogen and oxygen atoms in total. The van der Waals surface area contributed by atoms with E-state index < -0.39 is 6.04 Å². The fraction of sp³-hybridized carbons (Fsp3) is 0.625. The van der Waals surface area contributed by atoms with Crippen LogP contribution in [0.15, 0.2) is 24.3 Å². The van der Waals surface area contributed by atoms with Crippen molar-refractivity contribution in [3.63, 3.8) is 0 Å². The number of piperidine rings is 1. The minimum absolute atomic E-state index is 0.0167. The van der Waals surface area contributed by atoms with Crippen LogP contribution in [0.4, 0.5) is 4.39 Å². The molecule has 0 saturated carbocycles. The summed E-state index contributed by atoms with van der Waals surface area (Å²) in [5.41, 5.74) is 0.686. The van der Waals surface area contributed by atoms with Crippen molar-refractivity contribution < 1.29 is 9.31 Å². The fourth-order valence-electron chi connectivity index (χ4n) is 4.32. The second kappa shape index (κ2) is 5.05. The predicted molar refractivity (Wildman–Crippen MR) is 78.3 cm³/mol. The molecule has 1 aromatic rings. The van der Waals surface area contributed by atoms with Crippen molar-refractivity contribution in [2.24, 2.45) is 5.41 Å². The Kier molecular flexibility index (Phi) is 3.48. The molecule has 0 amide bonds. The van der Waals surface area contributed by atoms with E-state index in [-0.39, 0.29) is 28.1 Å². The molecule has 2 aliphatic heterocycles. The summed E-state index contributed by atoms with van der Waals surface area (Å²) >= 11 is 0. The van der Waals surface area contributed by atoms with Crippen molar-refractivity contribution in [2.75, 3.05) is 13.1 Å². The third kappa shape index (κ3) is 2.44. The summed E-state index contributed by atoms with van der Waals surface area (Å²) in [5, 5.41) is 11.7. The molecule has 0 N–H and O–H groups in total. The highest BCUT2D eigenvalue weighted by atomic mass is 19.1. The predicted octanol–water partition coefficient (Wildman–Crippen LogP) is 3.06. The quantitative estimate of drug-likeness (QED) is 0.621. The number of fused-ring (bicyclic) bond motifs is 1. The minimum atomic E-state index is -0.610. The van der Waals surface area contributed by atoms with E-state index >= 15 is 0 Å². The zero-order valence-corrected chi connectivity index (χ0v) is 12.5. The maximum absolute atomic E-state index is 13.2. The second-order valence-electron chi connectivity index (χ2n) is 6.97. The zero-order chi connectivity index (χ0) is 15.2. The Balaban J connectivity index is 2.04. The number of benzene rings is 1. The van der Waals surface area contributed by atoms with E-state index in [1.54, 1.807) is 12.1 Å². The van der Waals surface area contributed by atoms with E-state index in [0.717, 1.165) is 31.5 Å². The monoisotopic (exact) mass is 292 g/mol. The molecule has 0 spiro atoms. The van der Waals surface area contributed by atoms with Gasteiger partial charge in [0.25, 0.3) is 0 Å². The van der Waals surface area contributed by atoms with Gasteiger partial charge in [-0.1, -0.05) is 26.0 Å². The third-order valence-electron chi connectivity index (χ3n) is 5.08. The molecular formula is C16H21FN2O2. The van der Waals surface area contributed by atoms with Gasteiger partial charge in [0.15, 0.2) is 0 Å². The molecule has 3 rings (SSSR count). The van der Waals surface area contributed by atoms with Crippen molar-refractivity contribution in [3.8, 4) is 0 Å². The van der Waals surface area contributed by atoms with E-state index in [0.29, 0.717) is 0 Å². The van der Waals surface area contributed by atoms with Crippen LogP contribution in [-0.4, -0.2) is 35.0 Å². The maximum atomic E-state index is 13.2. The standard InChI is InChI=1S/C16H21FN2O2/c1-16(2)10-18-9-3-4-13(18)15(19(20)21)14(16)11-5-7-12(17)8-6-11/h5-8,13-15H,3-4,9-10H2,1-2H3/t13-,14+,15-/m0/s1. The van der Waals surface area contributed by atoms with Crippen molar-refractivity contribution in [2.45, 2.75) is 44.7 Å². The number of halogens is 1. The van der Waals surface area contributed by atoms with Crippen molar-refractivity contribution in [1.29, 1.82) is 0 Å². The Labute approximate surface area is 124 Å². The molecule has 21 heavy (non-hydrogen) atoms. The van der Waals surface area contributed by atoms with Crippen molar-refractivity contribution in [3.05, 3.63) is 45.8 Å². The lowest BCUT2D eigenvalue weighted by Crippen LogP contribution is -2.58. The molecule has 0 aliphatic carbocycles. The smallest absolute Gasteiger partial charge is 0.235 e. The molecule has 0 aromatic heterocycles. The van der Waals surface area contributed by atoms with Gasteiger partial charge in [0.1, 0.15) is 5.82 Å². The van der Waals surface area contributed by atoms with Crippen LogP contribution in [0.25, 0.3) is 0 Å². The number of hydrogen-bond acceptors (Lipinski definition) is 3. The van der Waals surface area contributed by atoms with E-state index in [1.165, 1.54) is 12.1 Å². The summed E-state index contributed by atoms with van der Waals surface area (Å²) < 4.78 is 13.2. The van der Waals surface area contributed by atoms with Crippen molar-refractivity contribution >= 4 is 0 Å². The lowest BCUT2D eigenvalue weighted by atomic mass is 9.66. The molecule has 2 aliphatic rings. The Bertz CT molecular complexity index is 544. The Morgan fingerprint density at radius 3 is 2.62 bits per heavy atom. The van der Waals surface area contributed by atoms with Gasteiger partial charge in [-0.3, -0.25) is 15.0 Å². The van der Waals surface area contributed by atoms with Gasteiger partial charge in [-0.05, 0) is 42.5 Å². The zero-order valence-electron chi connectivity index (χ0n) is 12.5. The molecular weight excluding hydrogens is 271 g/mol. The van der Waals surface area contributed by atoms with E-state index in [4.69, 9.17) is 0 Å². The first-order valence-corrected chi connectivity index (χ1v) is 7.53. The maximum Gasteiger partial charge on any atom is 0.235 e. The second-order valence-corrected chi connectivity index (χ2v) is 6.97. The summed E-state index contributed by atoms with van der Waals surface area (Å²) in [6, 6.07) is 5.64. The van der Waals surface area contributed by atoms with Crippen LogP contribution in [0.5, 0.6) is 0 Å². The first-order valence-electron chi connectivity index (χ1n) is 7.53. The highest BCUT2D eigenvalue weighted by Crippen LogP contribution is 2.47. The van der Waals surface area contributed by atoms with Gasteiger partial charge in [-0.25, -0.2) is 4.39 Å². The van der Waals surface area contributed by atoms with Crippen LogP contribution in [0.3, 0.4) is 0 Å². The largest absolute Gasteiger partial charge is 0.293 e. The number of hydrogen-bond donors (Lipinski definition) is 0. The summed E-state index contributed by atoms with van der Waals surface area (Å²) in [6.45, 7) is 6.00. The molecule has 2 heterocycles. The van der Waals surface area contributed by atoms with Crippen LogP contribution in [0, 0.1) is 21.3 Å². The van der Waals surface area contributed by atoms with Crippen molar-refractivity contribution in [1.82, 2.24) is 4.90 Å². The lowest BCUT2D eigenvalue weighted by molar-refractivity contribution is -0.541. The van der Waals surface area contributed by atoms with Crippen LogP contribution in [-0.2, 0) is 0 Å². The van der Waals surface area contributed by atoms with Gasteiger partial charge in [0, 0.05) is 11.5 Å². The Morgan fingerprint density at radius 2 is 2.00 bits per heavy atom. The van der Waals surface area contributed by atoms with Gasteiger partial charge in [-0.15, -0.1) is 0 Å². The number of nitrogens with zero attached hydrogens (tertiary/aromatic N) is 2. The minimum Gasteiger partial charge on any atom is -0.293 e. The summed E-state index contributed by atoms with van der Waals surface area (Å²) in [6.07, 6.45) is 1.92. The molecule has 0 bridgehead atoms. The Hall–Kier alpha value is -1.49. The van der Waals surface area contributed by atoms with Gasteiger partial charge in [-0.2, -0.15) is 0 Å². The highest BCUT2D eigenvalue weighted by Gasteiger charge is 2.55. The average Bonchev–Trinajstić information content (AvgIpc) is 2.84. The van der Waals surface area contributed by atoms with Gasteiger partial charge < -0.3 is 0 Å². The molecule has 5 heteroatoms. The first-order chi connectivity index (χ1) is 9.90. The average molecular weight is 292 g/mol. The van der Waals surface area contributed by atoms with E-state index in [2.05, 4.69) is 18.7 Å². The SMILES string of the molecule is CC1(C)CN2CCC[C@H]2[C@H]([N+](=O)[O-])[C@H]1c1ccc(F)cc1. The summed E-state index contributed by atoms with van der Waals surface area (Å²) in [7, 11) is 0. The van der Waals surface area contributed by atoms with Gasteiger partial charge >= 0.3 is 0 Å². The van der Waals surface area contributed by atoms with E-state index in [1.807, 2.05) is 0 Å². The molecule has 0 unspecified atom stereocenters. The molecule has 1 aromatic carbocycles. The number of nitro groups is 1. The molecule has 0 radical (unpaired) electrons. The van der Waals surface area contributed by atoms with E-state index in [9.17, 15) is 14.5 Å². The number of rotatable bonds is 2. The summed E-state index contributed by atoms with van der Waals surface area (Å²) in [4.78, 5) is 13.9. The Morgan fingerprint density at radius 1 is 1.33 bits per heavy atom. The van der Waals surface area contributed by atoms with Crippen LogP contribution in [0.2, 0.25) is 0 Å². The molecule has 2 saturated heterocycles. The van der Waals surface area contributed by atoms with Crippen LogP contribution >= 0.6 is 0 Å². The molecule has 2 fully saturated rings. The van der Waals surface area contributed by atoms with Gasteiger partial charge in [0.05, 0.1) is 12.0 Å². The highest BCUT2D eigenvalue weighted by molar-refractivity contribution is 5.26. The normalized spacial score (nSPS) is 31.9. The molecule has 3 atom stereocenters. The summed E-state index contributed by atoms with van der Waals surface area (Å²) in [5.74, 6) is -0.472. The van der Waals surface area contributed by atoms with Gasteiger partial charge in [0.2, 0.25) is 6.04 Å². The first kappa shape index (κ1) is 14.4. The third-order valence-corrected chi connectivity index (χ3v) is 5.08. The fourth-order valence-corrected chi connectivity index (χ4v) is 4.32. The topological polar surface area (TPSA) is 46.4 Å². The van der Waals surface area contributed by atoms with Crippen LogP contribution < -0.4 is 0 Å². The van der Waals surface area contributed by atoms with Crippen LogP contribution in [0.1, 0.15) is 38.2 Å². The molecule has 114 valence electrons.